The minimum Gasteiger partial charge on any atom is -0.381 e. The van der Waals surface area contributed by atoms with Crippen LogP contribution in [0.3, 0.4) is 0 Å². The maximum Gasteiger partial charge on any atom is 0.0547 e. The zero-order valence-corrected chi connectivity index (χ0v) is 10.1. The molecule has 1 unspecified atom stereocenters. The summed E-state index contributed by atoms with van der Waals surface area (Å²) in [5.74, 6) is 0.727. The zero-order chi connectivity index (χ0) is 10.9. The minimum absolute atomic E-state index is 0.404. The van der Waals surface area contributed by atoms with Gasteiger partial charge in [-0.15, -0.1) is 0 Å². The van der Waals surface area contributed by atoms with Crippen LogP contribution < -0.4 is 5.32 Å². The molecule has 0 aromatic rings. The van der Waals surface area contributed by atoms with Crippen molar-refractivity contribution >= 4 is 0 Å². The lowest BCUT2D eigenvalue weighted by atomic mass is 10.0. The molecule has 0 aliphatic carbocycles. The second-order valence-electron chi connectivity index (χ2n) is 4.45. The number of hydrogen-bond acceptors (Lipinski definition) is 3. The van der Waals surface area contributed by atoms with Gasteiger partial charge in [0.2, 0.25) is 0 Å². The maximum absolute atomic E-state index is 5.84. The van der Waals surface area contributed by atoms with E-state index in [-0.39, 0.29) is 0 Å². The molecule has 1 aliphatic heterocycles. The van der Waals surface area contributed by atoms with E-state index in [1.54, 1.807) is 0 Å². The van der Waals surface area contributed by atoms with Crippen molar-refractivity contribution in [1.82, 2.24) is 5.32 Å². The number of rotatable bonds is 7. The first-order valence-corrected chi connectivity index (χ1v) is 6.17. The van der Waals surface area contributed by atoms with Crippen molar-refractivity contribution in [3.05, 3.63) is 0 Å². The topological polar surface area (TPSA) is 30.5 Å². The number of ether oxygens (including phenoxy) is 2. The third-order valence-electron chi connectivity index (χ3n) is 2.99. The molecule has 0 aromatic carbocycles. The minimum atomic E-state index is 0.404. The molecule has 0 spiro atoms. The van der Waals surface area contributed by atoms with E-state index in [2.05, 4.69) is 12.2 Å². The van der Waals surface area contributed by atoms with Gasteiger partial charge in [-0.1, -0.05) is 0 Å². The van der Waals surface area contributed by atoms with Crippen molar-refractivity contribution < 1.29 is 9.47 Å². The molecule has 0 radical (unpaired) electrons. The lowest BCUT2D eigenvalue weighted by Crippen LogP contribution is -2.23. The summed E-state index contributed by atoms with van der Waals surface area (Å²) in [6.45, 7) is 6.02. The van der Waals surface area contributed by atoms with E-state index >= 15 is 0 Å². The Kier molecular flexibility index (Phi) is 6.98. The highest BCUT2D eigenvalue weighted by Gasteiger charge is 2.14. The molecule has 0 saturated carbocycles. The molecule has 15 heavy (non-hydrogen) atoms. The summed E-state index contributed by atoms with van der Waals surface area (Å²) in [4.78, 5) is 0. The summed E-state index contributed by atoms with van der Waals surface area (Å²) in [6.07, 6.45) is 5.10. The SMILES string of the molecule is CNCCCC(C)OCC1CCOCC1. The van der Waals surface area contributed by atoms with Crippen LogP contribution in [0.1, 0.15) is 32.6 Å². The fourth-order valence-electron chi connectivity index (χ4n) is 1.86. The molecule has 1 fully saturated rings. The predicted octanol–water partition coefficient (Wildman–Crippen LogP) is 1.82. The monoisotopic (exact) mass is 215 g/mol. The van der Waals surface area contributed by atoms with Crippen molar-refractivity contribution in [2.24, 2.45) is 5.92 Å². The summed E-state index contributed by atoms with van der Waals surface area (Å²) in [5.41, 5.74) is 0. The number of hydrogen-bond donors (Lipinski definition) is 1. The Balaban J connectivity index is 1.97. The van der Waals surface area contributed by atoms with Crippen molar-refractivity contribution in [3.63, 3.8) is 0 Å². The molecule has 1 aliphatic rings. The van der Waals surface area contributed by atoms with Gasteiger partial charge in [0.25, 0.3) is 0 Å². The van der Waals surface area contributed by atoms with Gasteiger partial charge in [0, 0.05) is 19.8 Å². The van der Waals surface area contributed by atoms with Gasteiger partial charge < -0.3 is 14.8 Å². The summed E-state index contributed by atoms with van der Waals surface area (Å²) < 4.78 is 11.2. The van der Waals surface area contributed by atoms with Gasteiger partial charge in [-0.2, -0.15) is 0 Å². The number of nitrogens with one attached hydrogen (secondary N) is 1. The first-order valence-electron chi connectivity index (χ1n) is 6.17. The third kappa shape index (κ3) is 6.13. The Bertz CT molecular complexity index is 147. The molecule has 0 bridgehead atoms. The summed E-state index contributed by atoms with van der Waals surface area (Å²) >= 11 is 0. The van der Waals surface area contributed by atoms with Crippen LogP contribution in [-0.4, -0.2) is 39.5 Å². The van der Waals surface area contributed by atoms with Crippen LogP contribution in [-0.2, 0) is 9.47 Å². The van der Waals surface area contributed by atoms with E-state index in [4.69, 9.17) is 9.47 Å². The lowest BCUT2D eigenvalue weighted by Gasteiger charge is -2.23. The van der Waals surface area contributed by atoms with E-state index in [0.717, 1.165) is 38.7 Å². The second-order valence-corrected chi connectivity index (χ2v) is 4.45. The zero-order valence-electron chi connectivity index (χ0n) is 10.1. The largest absolute Gasteiger partial charge is 0.381 e. The van der Waals surface area contributed by atoms with Crippen molar-refractivity contribution in [1.29, 1.82) is 0 Å². The molecule has 1 saturated heterocycles. The Morgan fingerprint density at radius 1 is 1.40 bits per heavy atom. The van der Waals surface area contributed by atoms with E-state index < -0.39 is 0 Å². The molecule has 1 heterocycles. The summed E-state index contributed by atoms with van der Waals surface area (Å²) in [7, 11) is 1.99. The molecular weight excluding hydrogens is 190 g/mol. The molecule has 3 heteroatoms. The first kappa shape index (κ1) is 12.9. The Labute approximate surface area is 93.5 Å². The Morgan fingerprint density at radius 3 is 2.80 bits per heavy atom. The molecule has 0 amide bonds. The van der Waals surface area contributed by atoms with Gasteiger partial charge in [-0.05, 0) is 52.1 Å². The van der Waals surface area contributed by atoms with Crippen molar-refractivity contribution in [2.45, 2.75) is 38.7 Å². The summed E-state index contributed by atoms with van der Waals surface area (Å²) in [5, 5.41) is 3.16. The van der Waals surface area contributed by atoms with Gasteiger partial charge in [0.15, 0.2) is 0 Å². The molecule has 1 rings (SSSR count). The van der Waals surface area contributed by atoms with Crippen LogP contribution >= 0.6 is 0 Å². The molecule has 1 atom stereocenters. The first-order chi connectivity index (χ1) is 7.33. The quantitative estimate of drug-likeness (QED) is 0.657. The Morgan fingerprint density at radius 2 is 2.13 bits per heavy atom. The fourth-order valence-corrected chi connectivity index (χ4v) is 1.86. The molecular formula is C12H25NO2. The highest BCUT2D eigenvalue weighted by Crippen LogP contribution is 2.16. The van der Waals surface area contributed by atoms with Gasteiger partial charge in [0.05, 0.1) is 6.10 Å². The average molecular weight is 215 g/mol. The highest BCUT2D eigenvalue weighted by molar-refractivity contribution is 4.63. The van der Waals surface area contributed by atoms with Crippen LogP contribution in [0.15, 0.2) is 0 Å². The third-order valence-corrected chi connectivity index (χ3v) is 2.99. The normalized spacial score (nSPS) is 20.4. The molecule has 3 nitrogen and oxygen atoms in total. The maximum atomic E-state index is 5.84. The summed E-state index contributed by atoms with van der Waals surface area (Å²) in [6, 6.07) is 0. The Hall–Kier alpha value is -0.120. The van der Waals surface area contributed by atoms with Crippen LogP contribution in [0.2, 0.25) is 0 Å². The van der Waals surface area contributed by atoms with E-state index in [9.17, 15) is 0 Å². The smallest absolute Gasteiger partial charge is 0.0547 e. The van der Waals surface area contributed by atoms with Crippen LogP contribution in [0.25, 0.3) is 0 Å². The lowest BCUT2D eigenvalue weighted by molar-refractivity contribution is -0.00760. The van der Waals surface area contributed by atoms with Crippen LogP contribution in [0.5, 0.6) is 0 Å². The van der Waals surface area contributed by atoms with Gasteiger partial charge in [0.1, 0.15) is 0 Å². The van der Waals surface area contributed by atoms with Gasteiger partial charge in [-0.25, -0.2) is 0 Å². The van der Waals surface area contributed by atoms with Crippen molar-refractivity contribution in [3.8, 4) is 0 Å². The molecule has 1 N–H and O–H groups in total. The second kappa shape index (κ2) is 8.08. The van der Waals surface area contributed by atoms with Crippen LogP contribution in [0, 0.1) is 5.92 Å². The standard InChI is InChI=1S/C12H25NO2/c1-11(4-3-7-13-2)15-10-12-5-8-14-9-6-12/h11-13H,3-10H2,1-2H3. The fraction of sp³-hybridized carbons (Fsp3) is 1.00. The molecule has 90 valence electrons. The van der Waals surface area contributed by atoms with Gasteiger partial charge in [-0.3, -0.25) is 0 Å². The van der Waals surface area contributed by atoms with Crippen molar-refractivity contribution in [2.75, 3.05) is 33.4 Å². The van der Waals surface area contributed by atoms with E-state index in [1.165, 1.54) is 19.3 Å². The predicted molar refractivity (Wildman–Crippen MR) is 62.1 cm³/mol. The van der Waals surface area contributed by atoms with E-state index in [1.807, 2.05) is 7.05 Å². The average Bonchev–Trinajstić information content (AvgIpc) is 2.28. The molecule has 0 aromatic heterocycles. The highest BCUT2D eigenvalue weighted by atomic mass is 16.5. The van der Waals surface area contributed by atoms with E-state index in [0.29, 0.717) is 6.10 Å². The van der Waals surface area contributed by atoms with Gasteiger partial charge >= 0.3 is 0 Å². The van der Waals surface area contributed by atoms with Crippen LogP contribution in [0.4, 0.5) is 0 Å².